The number of nitrogens with one attached hydrogen (secondary N) is 6. The third-order valence-electron chi connectivity index (χ3n) is 5.19. The molecule has 6 amide bonds. The second kappa shape index (κ2) is 11.4. The minimum atomic E-state index is -0.572. The van der Waals surface area contributed by atoms with Crippen molar-refractivity contribution in [3.8, 4) is 11.5 Å². The highest BCUT2D eigenvalue weighted by molar-refractivity contribution is 5.96. The fourth-order valence-electron chi connectivity index (χ4n) is 3.49. The molecule has 0 bridgehead atoms. The lowest BCUT2D eigenvalue weighted by atomic mass is 9.91. The Morgan fingerprint density at radius 3 is 1.35 bits per heavy atom. The van der Waals surface area contributed by atoms with Crippen LogP contribution in [-0.2, 0) is 0 Å². The maximum Gasteiger partial charge on any atom is 0.333 e. The van der Waals surface area contributed by atoms with Gasteiger partial charge in [0.25, 0.3) is 11.8 Å². The van der Waals surface area contributed by atoms with Crippen LogP contribution in [0.1, 0.15) is 46.4 Å². The summed E-state index contributed by atoms with van der Waals surface area (Å²) in [4.78, 5) is 48.0. The number of hydrogen-bond acceptors (Lipinski definition) is 6. The maximum atomic E-state index is 12.0. The average molecular weight is 470 g/mol. The van der Waals surface area contributed by atoms with Gasteiger partial charge in [0.05, 0.1) is 0 Å². The summed E-state index contributed by atoms with van der Waals surface area (Å²) in [6.45, 7) is 0. The van der Waals surface area contributed by atoms with Crippen LogP contribution < -0.4 is 32.3 Å². The number of aromatic hydroxyl groups is 2. The molecule has 1 aliphatic carbocycles. The van der Waals surface area contributed by atoms with Gasteiger partial charge in [0, 0.05) is 23.2 Å². The lowest BCUT2D eigenvalue weighted by molar-refractivity contribution is 0.0928. The first-order chi connectivity index (χ1) is 16.3. The van der Waals surface area contributed by atoms with Crippen molar-refractivity contribution < 1.29 is 29.4 Å². The van der Waals surface area contributed by atoms with Crippen LogP contribution >= 0.6 is 0 Å². The Kier molecular flexibility index (Phi) is 8.11. The van der Waals surface area contributed by atoms with Crippen molar-refractivity contribution in [2.24, 2.45) is 0 Å². The van der Waals surface area contributed by atoms with Crippen LogP contribution in [0.15, 0.2) is 48.5 Å². The smallest absolute Gasteiger partial charge is 0.333 e. The standard InChI is InChI=1S/C22H26N6O6/c29-17-5-1-3-13(11-17)19(31)25-27-21(33)23-15-7-9-16(10-8-15)24-22(34)28-26-20(32)14-4-2-6-18(30)12-14/h1-6,11-12,15-16,29-30H,7-10H2,(H,25,31)(H,26,32)(H2,23,27,33)(H2,24,28,34). The van der Waals surface area contributed by atoms with Gasteiger partial charge in [-0.05, 0) is 62.1 Å². The predicted molar refractivity (Wildman–Crippen MR) is 121 cm³/mol. The second-order valence-electron chi connectivity index (χ2n) is 7.75. The van der Waals surface area contributed by atoms with Crippen LogP contribution in [0.3, 0.4) is 0 Å². The molecule has 8 N–H and O–H groups in total. The molecule has 0 heterocycles. The van der Waals surface area contributed by atoms with Crippen molar-refractivity contribution in [2.75, 3.05) is 0 Å². The molecule has 0 atom stereocenters. The first-order valence-electron chi connectivity index (χ1n) is 10.6. The number of amides is 6. The molecule has 1 fully saturated rings. The molecular weight excluding hydrogens is 444 g/mol. The second-order valence-corrected chi connectivity index (χ2v) is 7.75. The molecule has 34 heavy (non-hydrogen) atoms. The van der Waals surface area contributed by atoms with Crippen LogP contribution in [0, 0.1) is 0 Å². The minimum absolute atomic E-state index is 0.0602. The summed E-state index contributed by atoms with van der Waals surface area (Å²) in [5.74, 6) is -1.26. The van der Waals surface area contributed by atoms with E-state index in [1.54, 1.807) is 0 Å². The number of carbonyl (C=O) groups is 4. The third-order valence-corrected chi connectivity index (χ3v) is 5.19. The molecule has 3 rings (SSSR count). The summed E-state index contributed by atoms with van der Waals surface area (Å²) in [6, 6.07) is 10.0. The molecule has 12 nitrogen and oxygen atoms in total. The van der Waals surface area contributed by atoms with Gasteiger partial charge in [0.1, 0.15) is 11.5 Å². The number of hydrazine groups is 2. The van der Waals surface area contributed by atoms with E-state index in [0.717, 1.165) is 0 Å². The Labute approximate surface area is 195 Å². The van der Waals surface area contributed by atoms with E-state index in [0.29, 0.717) is 25.7 Å². The molecule has 0 unspecified atom stereocenters. The van der Waals surface area contributed by atoms with E-state index in [9.17, 15) is 29.4 Å². The molecular formula is C22H26N6O6. The summed E-state index contributed by atoms with van der Waals surface area (Å²) in [7, 11) is 0. The van der Waals surface area contributed by atoms with Crippen molar-refractivity contribution in [3.05, 3.63) is 59.7 Å². The number of carbonyl (C=O) groups excluding carboxylic acids is 4. The van der Waals surface area contributed by atoms with E-state index in [4.69, 9.17) is 0 Å². The Morgan fingerprint density at radius 2 is 1.00 bits per heavy atom. The topological polar surface area (TPSA) is 181 Å². The lowest BCUT2D eigenvalue weighted by Gasteiger charge is -2.29. The molecule has 0 radical (unpaired) electrons. The first kappa shape index (κ1) is 24.2. The van der Waals surface area contributed by atoms with Crippen molar-refractivity contribution in [3.63, 3.8) is 0 Å². The lowest BCUT2D eigenvalue weighted by Crippen LogP contribution is -2.53. The van der Waals surface area contributed by atoms with E-state index in [2.05, 4.69) is 32.3 Å². The molecule has 180 valence electrons. The molecule has 2 aromatic carbocycles. The van der Waals surface area contributed by atoms with E-state index in [1.807, 2.05) is 0 Å². The van der Waals surface area contributed by atoms with Gasteiger partial charge in [-0.25, -0.2) is 20.4 Å². The largest absolute Gasteiger partial charge is 0.508 e. The van der Waals surface area contributed by atoms with Crippen molar-refractivity contribution >= 4 is 23.9 Å². The van der Waals surface area contributed by atoms with Crippen molar-refractivity contribution in [1.29, 1.82) is 0 Å². The minimum Gasteiger partial charge on any atom is -0.508 e. The molecule has 0 saturated heterocycles. The SMILES string of the molecule is O=C(NNC(=O)c1cccc(O)c1)NC1CCC(NC(=O)NNC(=O)c2cccc(O)c2)CC1. The number of phenolic OH excluding ortho intramolecular Hbond substituents is 2. The predicted octanol–water partition coefficient (Wildman–Crippen LogP) is 0.997. The third kappa shape index (κ3) is 7.29. The van der Waals surface area contributed by atoms with Gasteiger partial charge >= 0.3 is 12.1 Å². The van der Waals surface area contributed by atoms with E-state index in [1.165, 1.54) is 48.5 Å². The highest BCUT2D eigenvalue weighted by atomic mass is 16.3. The van der Waals surface area contributed by atoms with Crippen LogP contribution in [-0.4, -0.2) is 46.2 Å². The monoisotopic (exact) mass is 470 g/mol. The van der Waals surface area contributed by atoms with Crippen LogP contribution in [0.2, 0.25) is 0 Å². The number of phenols is 2. The summed E-state index contributed by atoms with van der Waals surface area (Å²) in [5, 5.41) is 24.3. The zero-order valence-corrected chi connectivity index (χ0v) is 18.1. The van der Waals surface area contributed by atoms with Crippen LogP contribution in [0.5, 0.6) is 11.5 Å². The Bertz CT molecular complexity index is 970. The van der Waals surface area contributed by atoms with Crippen molar-refractivity contribution in [2.45, 2.75) is 37.8 Å². The normalized spacial score (nSPS) is 17.1. The van der Waals surface area contributed by atoms with Crippen molar-refractivity contribution in [1.82, 2.24) is 32.3 Å². The average Bonchev–Trinajstić information content (AvgIpc) is 2.82. The van der Waals surface area contributed by atoms with Gasteiger partial charge in [-0.15, -0.1) is 0 Å². The molecule has 1 saturated carbocycles. The summed E-state index contributed by atoms with van der Waals surface area (Å²) >= 11 is 0. The summed E-state index contributed by atoms with van der Waals surface area (Å²) in [6.07, 6.45) is 2.42. The Hall–Kier alpha value is -4.48. The fourth-order valence-corrected chi connectivity index (χ4v) is 3.49. The fraction of sp³-hybridized carbons (Fsp3) is 0.273. The Morgan fingerprint density at radius 1 is 0.618 bits per heavy atom. The van der Waals surface area contributed by atoms with Gasteiger partial charge in [-0.2, -0.15) is 0 Å². The van der Waals surface area contributed by atoms with Gasteiger partial charge in [0.15, 0.2) is 0 Å². The van der Waals surface area contributed by atoms with Gasteiger partial charge in [-0.3, -0.25) is 20.4 Å². The summed E-state index contributed by atoms with van der Waals surface area (Å²) in [5.41, 5.74) is 9.46. The number of rotatable bonds is 4. The zero-order valence-electron chi connectivity index (χ0n) is 18.1. The van der Waals surface area contributed by atoms with Crippen LogP contribution in [0.4, 0.5) is 9.59 Å². The molecule has 12 heteroatoms. The zero-order chi connectivity index (χ0) is 24.5. The molecule has 1 aliphatic rings. The number of hydrogen-bond donors (Lipinski definition) is 8. The maximum absolute atomic E-state index is 12.0. The van der Waals surface area contributed by atoms with Gasteiger partial charge < -0.3 is 20.8 Å². The first-order valence-corrected chi connectivity index (χ1v) is 10.6. The molecule has 0 spiro atoms. The van der Waals surface area contributed by atoms with Gasteiger partial charge in [0.2, 0.25) is 0 Å². The molecule has 2 aromatic rings. The number of urea groups is 2. The number of benzene rings is 2. The van der Waals surface area contributed by atoms with Crippen LogP contribution in [0.25, 0.3) is 0 Å². The van der Waals surface area contributed by atoms with Gasteiger partial charge in [-0.1, -0.05) is 12.1 Å². The highest BCUT2D eigenvalue weighted by Gasteiger charge is 2.24. The Balaban J connectivity index is 1.32. The van der Waals surface area contributed by atoms with E-state index in [-0.39, 0.29) is 34.7 Å². The quantitative estimate of drug-likeness (QED) is 0.309. The van der Waals surface area contributed by atoms with E-state index < -0.39 is 23.9 Å². The molecule has 0 aromatic heterocycles. The van der Waals surface area contributed by atoms with E-state index >= 15 is 0 Å². The highest BCUT2D eigenvalue weighted by Crippen LogP contribution is 2.18. The summed E-state index contributed by atoms with van der Waals surface area (Å²) < 4.78 is 0. The molecule has 0 aliphatic heterocycles.